The van der Waals surface area contributed by atoms with Crippen LogP contribution in [0.1, 0.15) is 62.1 Å². The van der Waals surface area contributed by atoms with Crippen LogP contribution >= 0.6 is 11.8 Å². The van der Waals surface area contributed by atoms with Crippen LogP contribution in [0.2, 0.25) is 0 Å². The van der Waals surface area contributed by atoms with Crippen molar-refractivity contribution in [1.29, 1.82) is 0 Å². The Bertz CT molecular complexity index is 1290. The van der Waals surface area contributed by atoms with Gasteiger partial charge in [0.1, 0.15) is 12.4 Å². The lowest BCUT2D eigenvalue weighted by molar-refractivity contribution is -0.121. The number of nitrogens with zero attached hydrogens (tertiary/aromatic N) is 4. The van der Waals surface area contributed by atoms with Gasteiger partial charge in [0.05, 0.1) is 0 Å². The predicted molar refractivity (Wildman–Crippen MR) is 143 cm³/mol. The van der Waals surface area contributed by atoms with Gasteiger partial charge >= 0.3 is 5.69 Å². The Morgan fingerprint density at radius 2 is 1.76 bits per heavy atom. The highest BCUT2D eigenvalue weighted by atomic mass is 32.2. The molecule has 1 aromatic carbocycles. The first-order chi connectivity index (χ1) is 17.9. The van der Waals surface area contributed by atoms with Crippen molar-refractivity contribution in [2.45, 2.75) is 69.3 Å². The van der Waals surface area contributed by atoms with E-state index in [0.717, 1.165) is 24.8 Å². The lowest BCUT2D eigenvalue weighted by Crippen LogP contribution is -2.33. The highest BCUT2D eigenvalue weighted by Gasteiger charge is 2.11. The van der Waals surface area contributed by atoms with E-state index in [1.807, 2.05) is 0 Å². The molecule has 0 saturated heterocycles. The number of benzene rings is 1. The first kappa shape index (κ1) is 28.3. The molecule has 0 radical (unpaired) electrons. The summed E-state index contributed by atoms with van der Waals surface area (Å²) in [6.07, 6.45) is 11.7. The fourth-order valence-corrected chi connectivity index (χ4v) is 4.73. The Balaban J connectivity index is 1.57. The number of hydrogen-bond acceptors (Lipinski definition) is 6. The number of unbranched alkanes of at least 4 members (excludes halogenated alkanes) is 5. The molecular weight excluding hydrogens is 493 g/mol. The second-order valence-corrected chi connectivity index (χ2v) is 9.99. The number of rotatable bonds is 14. The molecule has 0 aliphatic heterocycles. The summed E-state index contributed by atoms with van der Waals surface area (Å²) in [6.45, 7) is 2.64. The van der Waals surface area contributed by atoms with E-state index in [1.54, 1.807) is 36.1 Å². The monoisotopic (exact) mass is 527 g/mol. The minimum absolute atomic E-state index is 0.120. The minimum Gasteiger partial charge on any atom is -0.355 e. The predicted octanol–water partition coefficient (Wildman–Crippen LogP) is 3.84. The van der Waals surface area contributed by atoms with E-state index in [0.29, 0.717) is 28.6 Å². The molecule has 2 aromatic heterocycles. The number of carbonyl (C=O) groups is 1. The second kappa shape index (κ2) is 14.5. The van der Waals surface area contributed by atoms with Crippen LogP contribution in [0.25, 0.3) is 0 Å². The summed E-state index contributed by atoms with van der Waals surface area (Å²) in [5, 5.41) is 3.40. The number of thioether (sulfide) groups is 1. The molecule has 2 heterocycles. The molecule has 0 fully saturated rings. The molecule has 0 aliphatic rings. The Labute approximate surface area is 220 Å². The maximum Gasteiger partial charge on any atom is 0.347 e. The molecule has 0 aliphatic carbocycles. The molecule has 3 rings (SSSR count). The van der Waals surface area contributed by atoms with E-state index in [4.69, 9.17) is 0 Å². The average molecular weight is 528 g/mol. The topological polar surface area (TPSA) is 98.9 Å². The van der Waals surface area contributed by atoms with Gasteiger partial charge in [-0.3, -0.25) is 14.2 Å². The molecule has 10 heteroatoms. The molecule has 37 heavy (non-hydrogen) atoms. The van der Waals surface area contributed by atoms with Crippen LogP contribution in [0, 0.1) is 5.82 Å². The molecule has 0 unspecified atom stereocenters. The number of amides is 1. The van der Waals surface area contributed by atoms with Crippen molar-refractivity contribution >= 4 is 17.7 Å². The van der Waals surface area contributed by atoms with Gasteiger partial charge < -0.3 is 9.88 Å². The Kier molecular flexibility index (Phi) is 11.1. The lowest BCUT2D eigenvalue weighted by atomic mass is 10.1. The van der Waals surface area contributed by atoms with Crippen LogP contribution in [0.5, 0.6) is 0 Å². The third-order valence-electron chi connectivity index (χ3n) is 5.87. The van der Waals surface area contributed by atoms with E-state index < -0.39 is 5.69 Å². The smallest absolute Gasteiger partial charge is 0.347 e. The SMILES string of the molecule is CCCCCCCCNC(=O)Cn1cc(Cc2cn(C)c(SCc3ccc(F)cc3)nc2=O)cnc1=O. The Morgan fingerprint density at radius 3 is 2.51 bits per heavy atom. The van der Waals surface area contributed by atoms with E-state index in [9.17, 15) is 18.8 Å². The van der Waals surface area contributed by atoms with Crippen LogP contribution in [-0.4, -0.2) is 31.6 Å². The van der Waals surface area contributed by atoms with Crippen molar-refractivity contribution in [3.63, 3.8) is 0 Å². The number of hydrogen-bond donors (Lipinski definition) is 1. The maximum atomic E-state index is 13.1. The van der Waals surface area contributed by atoms with Crippen LogP contribution in [0.15, 0.2) is 57.6 Å². The van der Waals surface area contributed by atoms with Crippen LogP contribution in [0.4, 0.5) is 4.39 Å². The van der Waals surface area contributed by atoms with E-state index in [-0.39, 0.29) is 30.2 Å². The van der Waals surface area contributed by atoms with Gasteiger partial charge in [-0.2, -0.15) is 4.98 Å². The van der Waals surface area contributed by atoms with Gasteiger partial charge in [-0.05, 0) is 29.7 Å². The largest absolute Gasteiger partial charge is 0.355 e. The summed E-state index contributed by atoms with van der Waals surface area (Å²) < 4.78 is 16.1. The van der Waals surface area contributed by atoms with Crippen molar-refractivity contribution in [2.75, 3.05) is 6.54 Å². The van der Waals surface area contributed by atoms with Crippen LogP contribution in [-0.2, 0) is 30.6 Å². The maximum absolute atomic E-state index is 13.1. The summed E-state index contributed by atoms with van der Waals surface area (Å²) in [7, 11) is 1.80. The number of aromatic nitrogens is 4. The van der Waals surface area contributed by atoms with Gasteiger partial charge in [-0.25, -0.2) is 14.2 Å². The van der Waals surface area contributed by atoms with Crippen molar-refractivity contribution < 1.29 is 9.18 Å². The van der Waals surface area contributed by atoms with Crippen molar-refractivity contribution in [1.82, 2.24) is 24.4 Å². The molecule has 0 spiro atoms. The molecular formula is C27H34FN5O3S. The minimum atomic E-state index is -0.517. The first-order valence-electron chi connectivity index (χ1n) is 12.6. The van der Waals surface area contributed by atoms with E-state index in [2.05, 4.69) is 22.2 Å². The van der Waals surface area contributed by atoms with Crippen molar-refractivity contribution in [3.05, 3.63) is 86.2 Å². The second-order valence-electron chi connectivity index (χ2n) is 9.05. The molecule has 0 saturated carbocycles. The highest BCUT2D eigenvalue weighted by molar-refractivity contribution is 7.98. The molecule has 8 nitrogen and oxygen atoms in total. The van der Waals surface area contributed by atoms with Gasteiger partial charge in [0.25, 0.3) is 5.56 Å². The zero-order valence-corrected chi connectivity index (χ0v) is 22.2. The number of halogens is 1. The summed E-state index contributed by atoms with van der Waals surface area (Å²) in [5.41, 5.74) is 1.13. The summed E-state index contributed by atoms with van der Waals surface area (Å²) in [6, 6.07) is 6.20. The quantitative estimate of drug-likeness (QED) is 0.194. The fourth-order valence-electron chi connectivity index (χ4n) is 3.83. The lowest BCUT2D eigenvalue weighted by Gasteiger charge is -2.11. The molecule has 0 bridgehead atoms. The van der Waals surface area contributed by atoms with Crippen LogP contribution < -0.4 is 16.6 Å². The molecule has 198 valence electrons. The number of aryl methyl sites for hydroxylation is 1. The number of nitrogens with one attached hydrogen (secondary N) is 1. The summed E-state index contributed by atoms with van der Waals surface area (Å²) >= 11 is 1.39. The van der Waals surface area contributed by atoms with Gasteiger partial charge in [0.15, 0.2) is 5.16 Å². The van der Waals surface area contributed by atoms with Crippen LogP contribution in [0.3, 0.4) is 0 Å². The molecule has 1 N–H and O–H groups in total. The highest BCUT2D eigenvalue weighted by Crippen LogP contribution is 2.20. The van der Waals surface area contributed by atoms with Gasteiger partial charge in [-0.1, -0.05) is 62.9 Å². The molecule has 0 atom stereocenters. The Morgan fingerprint density at radius 1 is 1.03 bits per heavy atom. The van der Waals surface area contributed by atoms with Gasteiger partial charge in [-0.15, -0.1) is 0 Å². The summed E-state index contributed by atoms with van der Waals surface area (Å²) in [4.78, 5) is 45.2. The van der Waals surface area contributed by atoms with Crippen molar-refractivity contribution in [2.24, 2.45) is 7.05 Å². The van der Waals surface area contributed by atoms with Gasteiger partial charge in [0, 0.05) is 49.9 Å². The summed E-state index contributed by atoms with van der Waals surface area (Å²) in [5.74, 6) is 0.0170. The molecule has 3 aromatic rings. The van der Waals surface area contributed by atoms with E-state index in [1.165, 1.54) is 53.9 Å². The van der Waals surface area contributed by atoms with Gasteiger partial charge in [0.2, 0.25) is 5.91 Å². The van der Waals surface area contributed by atoms with E-state index >= 15 is 0 Å². The fraction of sp³-hybridized carbons (Fsp3) is 0.444. The zero-order chi connectivity index (χ0) is 26.6. The third-order valence-corrected chi connectivity index (χ3v) is 6.99. The third kappa shape index (κ3) is 9.27. The normalized spacial score (nSPS) is 11.0. The van der Waals surface area contributed by atoms with Crippen molar-refractivity contribution in [3.8, 4) is 0 Å². The standard InChI is InChI=1S/C27H34FN5O3S/c1-3-4-5-6-7-8-13-29-24(34)18-33-16-21(15-30-26(33)36)14-22-17-32(2)27(31-25(22)35)37-19-20-9-11-23(28)12-10-20/h9-12,15-17H,3-8,13-14,18-19H2,1-2H3,(H,29,34). The Hall–Kier alpha value is -3.27. The first-order valence-corrected chi connectivity index (χ1v) is 13.6. The molecule has 1 amide bonds. The zero-order valence-electron chi connectivity index (χ0n) is 21.4. The number of carbonyl (C=O) groups excluding carboxylic acids is 1. The average Bonchev–Trinajstić information content (AvgIpc) is 2.87.